The zero-order valence-electron chi connectivity index (χ0n) is 15.7. The molecule has 1 heterocycles. The summed E-state index contributed by atoms with van der Waals surface area (Å²) in [5.41, 5.74) is 1.64. The number of benzene rings is 2. The predicted octanol–water partition coefficient (Wildman–Crippen LogP) is 4.98. The molecule has 0 aliphatic rings. The summed E-state index contributed by atoms with van der Waals surface area (Å²) in [5.74, 6) is -0.601. The number of halogens is 1. The molecule has 1 amide bonds. The Balaban J connectivity index is 1.72. The maximum atomic E-state index is 12.5. The van der Waals surface area contributed by atoms with Crippen LogP contribution in [-0.2, 0) is 9.53 Å². The first-order chi connectivity index (χ1) is 13.4. The zero-order chi connectivity index (χ0) is 20.3. The topological polar surface area (TPSA) is 77.8 Å². The Morgan fingerprint density at radius 1 is 1.21 bits per heavy atom. The Kier molecular flexibility index (Phi) is 5.90. The number of rotatable bonds is 6. The smallest absolute Gasteiger partial charge is 0.375 e. The highest BCUT2D eigenvalue weighted by atomic mass is 35.5. The fourth-order valence-electron chi connectivity index (χ4n) is 2.74. The van der Waals surface area contributed by atoms with Crippen molar-refractivity contribution in [2.45, 2.75) is 26.9 Å². The molecule has 3 rings (SSSR count). The average Bonchev–Trinajstić information content (AvgIpc) is 2.99. The Labute approximate surface area is 167 Å². The molecule has 0 unspecified atom stereocenters. The number of hydrogen-bond donors (Lipinski definition) is 1. The van der Waals surface area contributed by atoms with E-state index in [2.05, 4.69) is 5.32 Å². The van der Waals surface area contributed by atoms with Gasteiger partial charge in [0.05, 0.1) is 12.3 Å². The van der Waals surface area contributed by atoms with Crippen molar-refractivity contribution in [1.29, 1.82) is 0 Å². The molecule has 0 aliphatic heterocycles. The SMILES string of the molecule is CCOc1ccccc1NC(=O)[C@H](C)OC(=O)c1oc2ccc(Cl)cc2c1C. The molecule has 7 heteroatoms. The summed E-state index contributed by atoms with van der Waals surface area (Å²) in [6.07, 6.45) is -1.03. The third-order valence-corrected chi connectivity index (χ3v) is 4.42. The summed E-state index contributed by atoms with van der Waals surface area (Å²) in [6, 6.07) is 12.1. The number of nitrogens with one attached hydrogen (secondary N) is 1. The van der Waals surface area contributed by atoms with Crippen LogP contribution in [0.3, 0.4) is 0 Å². The third-order valence-electron chi connectivity index (χ3n) is 4.18. The molecule has 146 valence electrons. The van der Waals surface area contributed by atoms with Crippen LogP contribution in [0.2, 0.25) is 5.02 Å². The zero-order valence-corrected chi connectivity index (χ0v) is 16.5. The Bertz CT molecular complexity index is 1030. The summed E-state index contributed by atoms with van der Waals surface area (Å²) in [5, 5.41) is 3.97. The minimum Gasteiger partial charge on any atom is -0.492 e. The third kappa shape index (κ3) is 4.12. The van der Waals surface area contributed by atoms with Crippen LogP contribution in [0, 0.1) is 6.92 Å². The summed E-state index contributed by atoms with van der Waals surface area (Å²) < 4.78 is 16.4. The first kappa shape index (κ1) is 19.8. The van der Waals surface area contributed by atoms with E-state index in [0.29, 0.717) is 34.2 Å². The predicted molar refractivity (Wildman–Crippen MR) is 107 cm³/mol. The van der Waals surface area contributed by atoms with Gasteiger partial charge in [-0.1, -0.05) is 23.7 Å². The lowest BCUT2D eigenvalue weighted by Gasteiger charge is -2.15. The molecule has 0 saturated heterocycles. The number of ether oxygens (including phenoxy) is 2. The maximum Gasteiger partial charge on any atom is 0.375 e. The molecular weight excluding hydrogens is 382 g/mol. The lowest BCUT2D eigenvalue weighted by Crippen LogP contribution is -2.30. The molecule has 6 nitrogen and oxygen atoms in total. The largest absolute Gasteiger partial charge is 0.492 e. The van der Waals surface area contributed by atoms with E-state index >= 15 is 0 Å². The number of hydrogen-bond acceptors (Lipinski definition) is 5. The second-order valence-electron chi connectivity index (χ2n) is 6.16. The standard InChI is InChI=1S/C21H20ClNO5/c1-4-26-18-8-6-5-7-16(18)23-20(24)13(3)27-21(25)19-12(2)15-11-14(22)9-10-17(15)28-19/h5-11,13H,4H2,1-3H3,(H,23,24)/t13-/m0/s1. The Morgan fingerprint density at radius 2 is 1.96 bits per heavy atom. The molecule has 0 bridgehead atoms. The number of fused-ring (bicyclic) bond motifs is 1. The van der Waals surface area contributed by atoms with E-state index in [1.165, 1.54) is 6.92 Å². The monoisotopic (exact) mass is 401 g/mol. The van der Waals surface area contributed by atoms with E-state index in [1.54, 1.807) is 49.4 Å². The number of furan rings is 1. The minimum atomic E-state index is -1.03. The number of amides is 1. The van der Waals surface area contributed by atoms with Gasteiger partial charge in [0, 0.05) is 16.0 Å². The van der Waals surface area contributed by atoms with E-state index in [1.807, 2.05) is 6.92 Å². The number of carbonyl (C=O) groups excluding carboxylic acids is 2. The molecule has 0 saturated carbocycles. The van der Waals surface area contributed by atoms with Gasteiger partial charge in [0.15, 0.2) is 6.10 Å². The van der Waals surface area contributed by atoms with Gasteiger partial charge in [-0.3, -0.25) is 4.79 Å². The van der Waals surface area contributed by atoms with Crippen LogP contribution in [0.1, 0.15) is 30.0 Å². The van der Waals surface area contributed by atoms with Crippen LogP contribution in [0.4, 0.5) is 5.69 Å². The van der Waals surface area contributed by atoms with Crippen molar-refractivity contribution in [3.05, 3.63) is 58.8 Å². The lowest BCUT2D eigenvalue weighted by molar-refractivity contribution is -0.123. The van der Waals surface area contributed by atoms with Gasteiger partial charge in [-0.15, -0.1) is 0 Å². The van der Waals surface area contributed by atoms with E-state index in [4.69, 9.17) is 25.5 Å². The van der Waals surface area contributed by atoms with Crippen molar-refractivity contribution in [3.63, 3.8) is 0 Å². The number of carbonyl (C=O) groups is 2. The fraction of sp³-hybridized carbons (Fsp3) is 0.238. The van der Waals surface area contributed by atoms with Crippen molar-refractivity contribution in [2.24, 2.45) is 0 Å². The lowest BCUT2D eigenvalue weighted by atomic mass is 10.1. The second kappa shape index (κ2) is 8.35. The number of anilines is 1. The Hall–Kier alpha value is -2.99. The first-order valence-corrected chi connectivity index (χ1v) is 9.20. The quantitative estimate of drug-likeness (QED) is 0.589. The van der Waals surface area contributed by atoms with Crippen LogP contribution in [0.5, 0.6) is 5.75 Å². The Morgan fingerprint density at radius 3 is 2.71 bits per heavy atom. The van der Waals surface area contributed by atoms with Crippen LogP contribution in [0.15, 0.2) is 46.9 Å². The second-order valence-corrected chi connectivity index (χ2v) is 6.60. The van der Waals surface area contributed by atoms with Gasteiger partial charge in [-0.2, -0.15) is 0 Å². The first-order valence-electron chi connectivity index (χ1n) is 8.83. The molecule has 0 fully saturated rings. The van der Waals surface area contributed by atoms with Crippen molar-refractivity contribution >= 4 is 40.1 Å². The van der Waals surface area contributed by atoms with Crippen molar-refractivity contribution < 1.29 is 23.5 Å². The van der Waals surface area contributed by atoms with Gasteiger partial charge in [-0.05, 0) is 51.1 Å². The van der Waals surface area contributed by atoms with E-state index in [-0.39, 0.29) is 5.76 Å². The molecule has 0 spiro atoms. The van der Waals surface area contributed by atoms with Gasteiger partial charge in [0.2, 0.25) is 5.76 Å². The summed E-state index contributed by atoms with van der Waals surface area (Å²) in [7, 11) is 0. The van der Waals surface area contributed by atoms with E-state index < -0.39 is 18.0 Å². The number of aryl methyl sites for hydroxylation is 1. The van der Waals surface area contributed by atoms with Gasteiger partial charge in [0.25, 0.3) is 5.91 Å². The molecule has 1 aromatic heterocycles. The van der Waals surface area contributed by atoms with Crippen LogP contribution >= 0.6 is 11.6 Å². The molecule has 1 atom stereocenters. The molecular formula is C21H20ClNO5. The van der Waals surface area contributed by atoms with Gasteiger partial charge in [0.1, 0.15) is 11.3 Å². The average molecular weight is 402 g/mol. The highest BCUT2D eigenvalue weighted by Gasteiger charge is 2.24. The highest BCUT2D eigenvalue weighted by molar-refractivity contribution is 6.31. The number of esters is 1. The van der Waals surface area contributed by atoms with Crippen molar-refractivity contribution in [2.75, 3.05) is 11.9 Å². The van der Waals surface area contributed by atoms with Crippen LogP contribution in [0.25, 0.3) is 11.0 Å². The molecule has 3 aromatic rings. The van der Waals surface area contributed by atoms with Gasteiger partial charge in [-0.25, -0.2) is 4.79 Å². The summed E-state index contributed by atoms with van der Waals surface area (Å²) in [4.78, 5) is 24.9. The van der Waals surface area contributed by atoms with Crippen LogP contribution < -0.4 is 10.1 Å². The molecule has 2 aromatic carbocycles. The molecule has 0 aliphatic carbocycles. The van der Waals surface area contributed by atoms with E-state index in [0.717, 1.165) is 5.39 Å². The summed E-state index contributed by atoms with van der Waals surface area (Å²) in [6.45, 7) is 5.55. The summed E-state index contributed by atoms with van der Waals surface area (Å²) >= 11 is 6.00. The minimum absolute atomic E-state index is 0.0478. The molecule has 1 N–H and O–H groups in total. The molecule has 28 heavy (non-hydrogen) atoms. The van der Waals surface area contributed by atoms with Crippen molar-refractivity contribution in [3.8, 4) is 5.75 Å². The fourth-order valence-corrected chi connectivity index (χ4v) is 2.91. The van der Waals surface area contributed by atoms with E-state index in [9.17, 15) is 9.59 Å². The van der Waals surface area contributed by atoms with Gasteiger partial charge >= 0.3 is 5.97 Å². The maximum absolute atomic E-state index is 12.5. The van der Waals surface area contributed by atoms with Crippen molar-refractivity contribution in [1.82, 2.24) is 0 Å². The normalized spacial score (nSPS) is 11.9. The molecule has 0 radical (unpaired) electrons. The van der Waals surface area contributed by atoms with Crippen LogP contribution in [-0.4, -0.2) is 24.6 Å². The number of para-hydroxylation sites is 2. The van der Waals surface area contributed by atoms with Gasteiger partial charge < -0.3 is 19.2 Å². The highest BCUT2D eigenvalue weighted by Crippen LogP contribution is 2.29.